The van der Waals surface area contributed by atoms with Crippen molar-refractivity contribution in [3.8, 4) is 11.1 Å². The highest BCUT2D eigenvalue weighted by Gasteiger charge is 2.12. The molecule has 4 aromatic rings. The lowest BCUT2D eigenvalue weighted by atomic mass is 9.98. The molecule has 0 aliphatic rings. The fourth-order valence-electron chi connectivity index (χ4n) is 3.37. The molecule has 0 bridgehead atoms. The maximum atomic E-state index is 12.9. The third-order valence-electron chi connectivity index (χ3n) is 5.08. The lowest BCUT2D eigenvalue weighted by Crippen LogP contribution is -2.14. The van der Waals surface area contributed by atoms with Crippen LogP contribution in [0.5, 0.6) is 0 Å². The fraction of sp³-hybridized carbons (Fsp3) is 0.120. The smallest absolute Gasteiger partial charge is 0.256 e. The molecule has 156 valence electrons. The summed E-state index contributed by atoms with van der Waals surface area (Å²) in [6.45, 7) is 3.42. The number of nitrogens with one attached hydrogen (secondary N) is 2. The molecule has 4 N–H and O–H groups in total. The van der Waals surface area contributed by atoms with Gasteiger partial charge in [-0.1, -0.05) is 48.0 Å². The summed E-state index contributed by atoms with van der Waals surface area (Å²) < 4.78 is 1.74. The van der Waals surface area contributed by atoms with Crippen molar-refractivity contribution >= 4 is 23.1 Å². The molecule has 6 nitrogen and oxygen atoms in total. The van der Waals surface area contributed by atoms with Crippen molar-refractivity contribution in [1.82, 2.24) is 9.78 Å². The lowest BCUT2D eigenvalue weighted by Gasteiger charge is -2.12. The number of carbonyl (C=O) groups excluding carboxylic acids is 1. The first-order valence-corrected chi connectivity index (χ1v) is 10.2. The molecule has 1 heterocycles. The third kappa shape index (κ3) is 4.93. The Hall–Kier alpha value is -4.06. The summed E-state index contributed by atoms with van der Waals surface area (Å²) in [7, 11) is 0. The highest BCUT2D eigenvalue weighted by Crippen LogP contribution is 2.25. The molecule has 0 saturated heterocycles. The van der Waals surface area contributed by atoms with Crippen LogP contribution in [0.3, 0.4) is 0 Å². The molecule has 1 amide bonds. The van der Waals surface area contributed by atoms with Crippen LogP contribution in [0.25, 0.3) is 11.1 Å². The van der Waals surface area contributed by atoms with Gasteiger partial charge in [0.05, 0.1) is 12.7 Å². The van der Waals surface area contributed by atoms with E-state index in [1.165, 1.54) is 5.56 Å². The number of nitrogens with two attached hydrogens (primary N) is 1. The number of hydrogen-bond acceptors (Lipinski definition) is 4. The van der Waals surface area contributed by atoms with Crippen LogP contribution in [0, 0.1) is 6.92 Å². The van der Waals surface area contributed by atoms with E-state index in [0.717, 1.165) is 22.5 Å². The van der Waals surface area contributed by atoms with E-state index in [1.807, 2.05) is 67.6 Å². The second kappa shape index (κ2) is 9.17. The van der Waals surface area contributed by atoms with Gasteiger partial charge in [-0.15, -0.1) is 0 Å². The molecule has 0 atom stereocenters. The number of aryl methyl sites for hydroxylation is 1. The average Bonchev–Trinajstić information content (AvgIpc) is 3.20. The summed E-state index contributed by atoms with van der Waals surface area (Å²) in [5.74, 6) is 0.511. The second-order valence-electron chi connectivity index (χ2n) is 7.35. The summed E-state index contributed by atoms with van der Waals surface area (Å²) in [4.78, 5) is 12.9. The molecular weight excluding hydrogens is 386 g/mol. The predicted molar refractivity (Wildman–Crippen MR) is 126 cm³/mol. The molecule has 1 aromatic heterocycles. The van der Waals surface area contributed by atoms with Crippen LogP contribution < -0.4 is 16.4 Å². The molecule has 0 radical (unpaired) electrons. The summed E-state index contributed by atoms with van der Waals surface area (Å²) in [5, 5.41) is 10.5. The van der Waals surface area contributed by atoms with Crippen LogP contribution in [0.1, 0.15) is 15.9 Å². The van der Waals surface area contributed by atoms with Crippen molar-refractivity contribution in [1.29, 1.82) is 0 Å². The van der Waals surface area contributed by atoms with Crippen molar-refractivity contribution in [2.24, 2.45) is 0 Å². The van der Waals surface area contributed by atoms with Crippen LogP contribution in [0.15, 0.2) is 85.1 Å². The van der Waals surface area contributed by atoms with Gasteiger partial charge in [0, 0.05) is 23.5 Å². The summed E-state index contributed by atoms with van der Waals surface area (Å²) in [5.41, 5.74) is 11.3. The minimum Gasteiger partial charge on any atom is -0.384 e. The topological polar surface area (TPSA) is 85.0 Å². The Bertz CT molecular complexity index is 1160. The van der Waals surface area contributed by atoms with Crippen molar-refractivity contribution in [3.63, 3.8) is 0 Å². The Morgan fingerprint density at radius 3 is 2.35 bits per heavy atom. The lowest BCUT2D eigenvalue weighted by molar-refractivity contribution is 0.102. The van der Waals surface area contributed by atoms with Crippen LogP contribution in [-0.2, 0) is 6.54 Å². The zero-order chi connectivity index (χ0) is 21.6. The van der Waals surface area contributed by atoms with Gasteiger partial charge in [0.25, 0.3) is 5.91 Å². The molecule has 0 aliphatic carbocycles. The Balaban J connectivity index is 1.40. The highest BCUT2D eigenvalue weighted by atomic mass is 16.1. The standard InChI is InChI=1S/C25H25N5O/c1-18-6-8-19(9-7-18)22-4-2-3-5-23(22)25(31)29-21-12-10-20(11-13-21)27-16-17-30-24(26)14-15-28-30/h2-15,27H,16-17,26H2,1H3,(H,29,31). The van der Waals surface area contributed by atoms with E-state index < -0.39 is 0 Å². The molecule has 0 aliphatic heterocycles. The van der Waals surface area contributed by atoms with E-state index >= 15 is 0 Å². The Kier molecular flexibility index (Phi) is 5.98. The van der Waals surface area contributed by atoms with E-state index in [0.29, 0.717) is 24.5 Å². The van der Waals surface area contributed by atoms with Crippen LogP contribution >= 0.6 is 0 Å². The van der Waals surface area contributed by atoms with Crippen molar-refractivity contribution in [2.45, 2.75) is 13.5 Å². The largest absolute Gasteiger partial charge is 0.384 e. The number of anilines is 3. The number of rotatable bonds is 7. The number of aromatic nitrogens is 2. The fourth-order valence-corrected chi connectivity index (χ4v) is 3.37. The van der Waals surface area contributed by atoms with Gasteiger partial charge in [0.15, 0.2) is 0 Å². The molecular formula is C25H25N5O. The molecule has 4 rings (SSSR count). The number of nitrogen functional groups attached to an aromatic ring is 1. The van der Waals surface area contributed by atoms with E-state index in [9.17, 15) is 4.79 Å². The van der Waals surface area contributed by atoms with E-state index in [1.54, 1.807) is 16.9 Å². The number of amides is 1. The quantitative estimate of drug-likeness (QED) is 0.408. The molecule has 6 heteroatoms. The molecule has 0 unspecified atom stereocenters. The van der Waals surface area contributed by atoms with Crippen molar-refractivity contribution in [3.05, 3.63) is 96.2 Å². The normalized spacial score (nSPS) is 10.6. The van der Waals surface area contributed by atoms with Gasteiger partial charge in [0.1, 0.15) is 5.82 Å². The van der Waals surface area contributed by atoms with Crippen molar-refractivity contribution in [2.75, 3.05) is 22.9 Å². The minimum atomic E-state index is -0.133. The zero-order valence-electron chi connectivity index (χ0n) is 17.4. The first kappa shape index (κ1) is 20.2. The first-order chi connectivity index (χ1) is 15.1. The van der Waals surface area contributed by atoms with E-state index in [4.69, 9.17) is 5.73 Å². The predicted octanol–water partition coefficient (Wildman–Crippen LogP) is 4.81. The van der Waals surface area contributed by atoms with Gasteiger partial charge in [-0.25, -0.2) is 4.68 Å². The molecule has 0 saturated carbocycles. The summed E-state index contributed by atoms with van der Waals surface area (Å²) in [6, 6.07) is 25.3. The third-order valence-corrected chi connectivity index (χ3v) is 5.08. The van der Waals surface area contributed by atoms with Gasteiger partial charge in [-0.3, -0.25) is 4.79 Å². The van der Waals surface area contributed by atoms with Crippen molar-refractivity contribution < 1.29 is 4.79 Å². The molecule has 31 heavy (non-hydrogen) atoms. The molecule has 0 fully saturated rings. The van der Waals surface area contributed by atoms with Gasteiger partial charge in [0.2, 0.25) is 0 Å². The summed E-state index contributed by atoms with van der Waals surface area (Å²) in [6.07, 6.45) is 1.68. The van der Waals surface area contributed by atoms with E-state index in [-0.39, 0.29) is 5.91 Å². The van der Waals surface area contributed by atoms with Crippen LogP contribution in [0.4, 0.5) is 17.2 Å². The number of benzene rings is 3. The van der Waals surface area contributed by atoms with Gasteiger partial charge in [-0.2, -0.15) is 5.10 Å². The van der Waals surface area contributed by atoms with Crippen LogP contribution in [-0.4, -0.2) is 22.2 Å². The highest BCUT2D eigenvalue weighted by molar-refractivity contribution is 6.08. The Morgan fingerprint density at radius 2 is 1.65 bits per heavy atom. The first-order valence-electron chi connectivity index (χ1n) is 10.2. The van der Waals surface area contributed by atoms with E-state index in [2.05, 4.69) is 27.9 Å². The SMILES string of the molecule is Cc1ccc(-c2ccccc2C(=O)Nc2ccc(NCCn3nccc3N)cc2)cc1. The van der Waals surface area contributed by atoms with Gasteiger partial charge < -0.3 is 16.4 Å². The number of nitrogens with zero attached hydrogens (tertiary/aromatic N) is 2. The van der Waals surface area contributed by atoms with Gasteiger partial charge in [-0.05, 0) is 54.4 Å². The van der Waals surface area contributed by atoms with Gasteiger partial charge >= 0.3 is 0 Å². The minimum absolute atomic E-state index is 0.133. The number of carbonyl (C=O) groups is 1. The number of hydrogen-bond donors (Lipinski definition) is 3. The maximum absolute atomic E-state index is 12.9. The zero-order valence-corrected chi connectivity index (χ0v) is 17.4. The average molecular weight is 412 g/mol. The summed E-state index contributed by atoms with van der Waals surface area (Å²) >= 11 is 0. The molecule has 0 spiro atoms. The molecule has 3 aromatic carbocycles. The Morgan fingerprint density at radius 1 is 0.935 bits per heavy atom. The van der Waals surface area contributed by atoms with Crippen LogP contribution in [0.2, 0.25) is 0 Å². The second-order valence-corrected chi connectivity index (χ2v) is 7.35. The maximum Gasteiger partial charge on any atom is 0.256 e. The monoisotopic (exact) mass is 411 g/mol. The Labute approximate surface area is 181 Å².